The van der Waals surface area contributed by atoms with Gasteiger partial charge in [0.1, 0.15) is 19.3 Å². The van der Waals surface area contributed by atoms with Crippen molar-refractivity contribution in [2.75, 3.05) is 18.5 Å². The molecule has 0 spiro atoms. The van der Waals surface area contributed by atoms with Crippen LogP contribution in [0.5, 0.6) is 11.5 Å². The van der Waals surface area contributed by atoms with Crippen molar-refractivity contribution >= 4 is 28.9 Å². The second-order valence-corrected chi connectivity index (χ2v) is 5.33. The summed E-state index contributed by atoms with van der Waals surface area (Å²) in [6.45, 7) is 0.938. The first-order valence-electron chi connectivity index (χ1n) is 7.18. The number of thiocarbonyl (C=S) groups is 1. The number of carbonyl (C=O) groups excluding carboxylic acids is 1. The molecule has 1 aliphatic heterocycles. The minimum absolute atomic E-state index is 0.109. The van der Waals surface area contributed by atoms with Crippen LogP contribution < -0.4 is 20.1 Å². The van der Waals surface area contributed by atoms with E-state index in [2.05, 4.69) is 16.7 Å². The number of nitrogens with one attached hydrogen (secondary N) is 2. The van der Waals surface area contributed by atoms with E-state index >= 15 is 0 Å². The predicted octanol–water partition coefficient (Wildman–Crippen LogP) is 2.46. The monoisotopic (exact) mass is 339 g/mol. The van der Waals surface area contributed by atoms with Crippen LogP contribution in [0, 0.1) is 11.3 Å². The first kappa shape index (κ1) is 15.8. The second kappa shape index (κ2) is 6.98. The lowest BCUT2D eigenvalue weighted by Crippen LogP contribution is -2.34. The molecule has 1 amide bonds. The Morgan fingerprint density at radius 2 is 1.88 bits per heavy atom. The first-order chi connectivity index (χ1) is 11.7. The third-order valence-electron chi connectivity index (χ3n) is 3.33. The number of para-hydroxylation sites is 1. The SMILES string of the molecule is N#Cc1ccccc1NC(=S)NC(=O)c1ccc2c(c1)OCCO2. The van der Waals surface area contributed by atoms with E-state index in [-0.39, 0.29) is 11.0 Å². The molecule has 1 aliphatic rings. The largest absolute Gasteiger partial charge is 0.486 e. The molecule has 0 saturated heterocycles. The van der Waals surface area contributed by atoms with Crippen molar-refractivity contribution in [1.82, 2.24) is 5.32 Å². The highest BCUT2D eigenvalue weighted by molar-refractivity contribution is 7.80. The van der Waals surface area contributed by atoms with Gasteiger partial charge < -0.3 is 14.8 Å². The highest BCUT2D eigenvalue weighted by atomic mass is 32.1. The predicted molar refractivity (Wildman–Crippen MR) is 92.3 cm³/mol. The van der Waals surface area contributed by atoms with Gasteiger partial charge >= 0.3 is 0 Å². The fourth-order valence-electron chi connectivity index (χ4n) is 2.20. The van der Waals surface area contributed by atoms with E-state index in [1.807, 2.05) is 0 Å². The smallest absolute Gasteiger partial charge is 0.257 e. The number of amides is 1. The Kier molecular flexibility index (Phi) is 4.59. The number of benzene rings is 2. The molecule has 120 valence electrons. The molecule has 1 heterocycles. The zero-order chi connectivity index (χ0) is 16.9. The van der Waals surface area contributed by atoms with Gasteiger partial charge in [-0.1, -0.05) is 12.1 Å². The number of hydrogen-bond acceptors (Lipinski definition) is 5. The molecular weight excluding hydrogens is 326 g/mol. The summed E-state index contributed by atoms with van der Waals surface area (Å²) in [6, 6.07) is 13.9. The molecule has 24 heavy (non-hydrogen) atoms. The molecule has 2 N–H and O–H groups in total. The van der Waals surface area contributed by atoms with Crippen LogP contribution in [0.1, 0.15) is 15.9 Å². The summed E-state index contributed by atoms with van der Waals surface area (Å²) in [4.78, 5) is 12.3. The molecule has 0 aromatic heterocycles. The lowest BCUT2D eigenvalue weighted by atomic mass is 10.2. The van der Waals surface area contributed by atoms with Gasteiger partial charge in [0.15, 0.2) is 16.6 Å². The zero-order valence-electron chi connectivity index (χ0n) is 12.5. The standard InChI is InChI=1S/C17H13N3O3S/c18-10-12-3-1-2-4-13(12)19-17(24)20-16(21)11-5-6-14-15(9-11)23-8-7-22-14/h1-6,9H,7-8H2,(H2,19,20,21,24). The Morgan fingerprint density at radius 3 is 2.67 bits per heavy atom. The van der Waals surface area contributed by atoms with Crippen molar-refractivity contribution in [1.29, 1.82) is 5.26 Å². The maximum Gasteiger partial charge on any atom is 0.257 e. The lowest BCUT2D eigenvalue weighted by Gasteiger charge is -2.18. The number of hydrogen-bond donors (Lipinski definition) is 2. The maximum absolute atomic E-state index is 12.3. The Balaban J connectivity index is 1.68. The third kappa shape index (κ3) is 3.45. The molecule has 0 atom stereocenters. The highest BCUT2D eigenvalue weighted by Crippen LogP contribution is 2.30. The average molecular weight is 339 g/mol. The van der Waals surface area contributed by atoms with Gasteiger partial charge in [-0.2, -0.15) is 5.26 Å². The highest BCUT2D eigenvalue weighted by Gasteiger charge is 2.16. The quantitative estimate of drug-likeness (QED) is 0.818. The summed E-state index contributed by atoms with van der Waals surface area (Å²) in [5, 5.41) is 14.6. The van der Waals surface area contributed by atoms with Gasteiger partial charge in [0, 0.05) is 5.56 Å². The average Bonchev–Trinajstić information content (AvgIpc) is 2.61. The van der Waals surface area contributed by atoms with Crippen LogP contribution in [-0.2, 0) is 0 Å². The van der Waals surface area contributed by atoms with Crippen molar-refractivity contribution in [3.8, 4) is 17.6 Å². The van der Waals surface area contributed by atoms with E-state index in [1.54, 1.807) is 42.5 Å². The summed E-state index contributed by atoms with van der Waals surface area (Å²) in [5.74, 6) is 0.767. The van der Waals surface area contributed by atoms with Crippen LogP contribution in [0.2, 0.25) is 0 Å². The molecule has 0 aliphatic carbocycles. The van der Waals surface area contributed by atoms with E-state index in [4.69, 9.17) is 27.0 Å². The lowest BCUT2D eigenvalue weighted by molar-refractivity contribution is 0.0976. The molecule has 2 aromatic carbocycles. The van der Waals surface area contributed by atoms with E-state index in [0.717, 1.165) is 0 Å². The minimum atomic E-state index is -0.376. The van der Waals surface area contributed by atoms with Crippen molar-refractivity contribution < 1.29 is 14.3 Å². The van der Waals surface area contributed by atoms with Gasteiger partial charge in [-0.3, -0.25) is 10.1 Å². The first-order valence-corrected chi connectivity index (χ1v) is 7.59. The Morgan fingerprint density at radius 1 is 1.12 bits per heavy atom. The Hall–Kier alpha value is -3.11. The van der Waals surface area contributed by atoms with Gasteiger partial charge in [-0.25, -0.2) is 0 Å². The van der Waals surface area contributed by atoms with Crippen LogP contribution in [0.25, 0.3) is 0 Å². The van der Waals surface area contributed by atoms with Gasteiger partial charge in [0.2, 0.25) is 0 Å². The number of rotatable bonds is 2. The van der Waals surface area contributed by atoms with Crippen molar-refractivity contribution in [2.24, 2.45) is 0 Å². The minimum Gasteiger partial charge on any atom is -0.486 e. The van der Waals surface area contributed by atoms with E-state index in [0.29, 0.717) is 41.5 Å². The number of nitrogens with zero attached hydrogens (tertiary/aromatic N) is 1. The van der Waals surface area contributed by atoms with Crippen molar-refractivity contribution in [3.63, 3.8) is 0 Å². The third-order valence-corrected chi connectivity index (χ3v) is 3.53. The van der Waals surface area contributed by atoms with Crippen LogP contribution in [0.15, 0.2) is 42.5 Å². The number of ether oxygens (including phenoxy) is 2. The number of nitriles is 1. The van der Waals surface area contributed by atoms with Gasteiger partial charge in [0.25, 0.3) is 5.91 Å². The summed E-state index contributed by atoms with van der Waals surface area (Å²) >= 11 is 5.13. The number of carbonyl (C=O) groups is 1. The second-order valence-electron chi connectivity index (χ2n) is 4.92. The summed E-state index contributed by atoms with van der Waals surface area (Å²) in [6.07, 6.45) is 0. The fourth-order valence-corrected chi connectivity index (χ4v) is 2.41. The topological polar surface area (TPSA) is 83.4 Å². The molecule has 0 fully saturated rings. The van der Waals surface area contributed by atoms with Crippen LogP contribution in [0.4, 0.5) is 5.69 Å². The molecule has 0 radical (unpaired) electrons. The summed E-state index contributed by atoms with van der Waals surface area (Å²) in [7, 11) is 0. The molecule has 7 heteroatoms. The van der Waals surface area contributed by atoms with E-state index in [9.17, 15) is 4.79 Å². The fraction of sp³-hybridized carbons (Fsp3) is 0.118. The van der Waals surface area contributed by atoms with Crippen molar-refractivity contribution in [3.05, 3.63) is 53.6 Å². The van der Waals surface area contributed by atoms with Gasteiger partial charge in [-0.05, 0) is 42.5 Å². The number of anilines is 1. The Bertz CT molecular complexity index is 845. The normalized spacial score (nSPS) is 12.0. The van der Waals surface area contributed by atoms with Crippen LogP contribution in [0.3, 0.4) is 0 Å². The van der Waals surface area contributed by atoms with E-state index in [1.165, 1.54) is 0 Å². The summed E-state index contributed by atoms with van der Waals surface area (Å²) in [5.41, 5.74) is 1.37. The zero-order valence-corrected chi connectivity index (χ0v) is 13.4. The van der Waals surface area contributed by atoms with Gasteiger partial charge in [-0.15, -0.1) is 0 Å². The van der Waals surface area contributed by atoms with E-state index < -0.39 is 0 Å². The molecule has 3 rings (SSSR count). The molecule has 2 aromatic rings. The van der Waals surface area contributed by atoms with Gasteiger partial charge in [0.05, 0.1) is 11.3 Å². The molecular formula is C17H13N3O3S. The van der Waals surface area contributed by atoms with Crippen LogP contribution >= 0.6 is 12.2 Å². The molecule has 0 unspecified atom stereocenters. The Labute approximate surface area is 144 Å². The van der Waals surface area contributed by atoms with Crippen molar-refractivity contribution in [2.45, 2.75) is 0 Å². The molecule has 0 bridgehead atoms. The van der Waals surface area contributed by atoms with Crippen LogP contribution in [-0.4, -0.2) is 24.2 Å². The summed E-state index contributed by atoms with van der Waals surface area (Å²) < 4.78 is 10.9. The molecule has 0 saturated carbocycles. The maximum atomic E-state index is 12.3. The molecule has 6 nitrogen and oxygen atoms in total. The number of fused-ring (bicyclic) bond motifs is 1.